The van der Waals surface area contributed by atoms with E-state index in [2.05, 4.69) is 9.71 Å². The number of aromatic amines is 1. The first-order valence-electron chi connectivity index (χ1n) is 10.1. The van der Waals surface area contributed by atoms with Crippen molar-refractivity contribution in [2.24, 2.45) is 0 Å². The summed E-state index contributed by atoms with van der Waals surface area (Å²) in [5.41, 5.74) is 1.98. The number of hydrogen-bond acceptors (Lipinski definition) is 6. The molecule has 0 saturated heterocycles. The fourth-order valence-electron chi connectivity index (χ4n) is 3.42. The number of sulfonamides is 1. The summed E-state index contributed by atoms with van der Waals surface area (Å²) in [5.74, 6) is 1.07. The minimum Gasteiger partial charge on any atom is -0.495 e. The van der Waals surface area contributed by atoms with E-state index in [4.69, 9.17) is 9.15 Å². The zero-order valence-corrected chi connectivity index (χ0v) is 19.1. The highest BCUT2D eigenvalue weighted by Gasteiger charge is 2.16. The van der Waals surface area contributed by atoms with Crippen LogP contribution in [0.1, 0.15) is 11.1 Å². The number of furan rings is 1. The van der Waals surface area contributed by atoms with Crippen molar-refractivity contribution in [2.45, 2.75) is 0 Å². The molecule has 0 saturated carbocycles. The number of benzene rings is 2. The number of methoxy groups -OCH3 is 1. The van der Waals surface area contributed by atoms with Gasteiger partial charge in [0, 0.05) is 23.5 Å². The van der Waals surface area contributed by atoms with Crippen LogP contribution in [0.4, 0.5) is 5.69 Å². The third kappa shape index (κ3) is 5.18. The molecule has 2 aromatic carbocycles. The molecular formula is C24H21N3O6S. The van der Waals surface area contributed by atoms with Crippen LogP contribution in [0, 0.1) is 0 Å². The van der Waals surface area contributed by atoms with E-state index < -0.39 is 21.3 Å². The van der Waals surface area contributed by atoms with Crippen LogP contribution in [0.15, 0.2) is 81.1 Å². The molecule has 4 aromatic rings. The summed E-state index contributed by atoms with van der Waals surface area (Å²) < 4.78 is 37.8. The number of ether oxygens (including phenoxy) is 1. The Morgan fingerprint density at radius 1 is 1.06 bits per heavy atom. The number of nitrogens with one attached hydrogen (secondary N) is 2. The Balaban J connectivity index is 1.80. The Hall–Kier alpha value is -4.31. The van der Waals surface area contributed by atoms with Gasteiger partial charge in [-0.1, -0.05) is 24.3 Å². The summed E-state index contributed by atoms with van der Waals surface area (Å²) in [6, 6.07) is 15.1. The molecule has 0 aliphatic carbocycles. The van der Waals surface area contributed by atoms with Crippen molar-refractivity contribution >= 4 is 27.9 Å². The highest BCUT2D eigenvalue weighted by molar-refractivity contribution is 7.92. The first-order valence-corrected chi connectivity index (χ1v) is 12.0. The molecule has 0 aliphatic rings. The molecule has 34 heavy (non-hydrogen) atoms. The fraction of sp³-hybridized carbons (Fsp3) is 0.0833. The van der Waals surface area contributed by atoms with Crippen LogP contribution in [0.25, 0.3) is 29.2 Å². The molecule has 0 aliphatic heterocycles. The molecule has 2 aromatic heterocycles. The van der Waals surface area contributed by atoms with Gasteiger partial charge in [0.15, 0.2) is 0 Å². The molecule has 4 rings (SSSR count). The van der Waals surface area contributed by atoms with Gasteiger partial charge < -0.3 is 9.15 Å². The van der Waals surface area contributed by atoms with E-state index in [0.717, 1.165) is 11.8 Å². The van der Waals surface area contributed by atoms with Gasteiger partial charge in [0.05, 0.1) is 30.9 Å². The van der Waals surface area contributed by atoms with Gasteiger partial charge >= 0.3 is 5.69 Å². The van der Waals surface area contributed by atoms with E-state index in [1.807, 2.05) is 12.2 Å². The number of H-pyrrole nitrogens is 1. The van der Waals surface area contributed by atoms with E-state index in [9.17, 15) is 18.0 Å². The topological polar surface area (TPSA) is 123 Å². The second-order valence-corrected chi connectivity index (χ2v) is 9.15. The zero-order chi connectivity index (χ0) is 24.3. The van der Waals surface area contributed by atoms with Gasteiger partial charge in [0.1, 0.15) is 11.5 Å². The molecule has 0 spiro atoms. The highest BCUT2D eigenvalue weighted by Crippen LogP contribution is 2.36. The van der Waals surface area contributed by atoms with Crippen LogP contribution >= 0.6 is 0 Å². The lowest BCUT2D eigenvalue weighted by Gasteiger charge is -2.14. The summed E-state index contributed by atoms with van der Waals surface area (Å²) in [4.78, 5) is 26.2. The third-order valence-electron chi connectivity index (χ3n) is 4.86. The molecule has 9 nitrogen and oxygen atoms in total. The standard InChI is InChI=1S/C24H21N3O6S/c1-32-23-17(8-5-16-6-9-18(10-7-16)26-34(2,30)31)14-19(15-20(23)21-4-3-13-33-21)27-12-11-22(28)25-24(27)29/h3-15,26H,1-2H3,(H,25,28,29). The molecule has 0 unspecified atom stereocenters. The molecule has 0 bridgehead atoms. The van der Waals surface area contributed by atoms with E-state index in [1.54, 1.807) is 48.5 Å². The Bertz CT molecular complexity index is 1560. The SMILES string of the molecule is COc1c(C=Cc2ccc(NS(C)(=O)=O)cc2)cc(-n2ccc(=O)[nH]c2=O)cc1-c1ccco1. The smallest absolute Gasteiger partial charge is 0.332 e. The Kier molecular flexibility index (Phi) is 6.24. The van der Waals surface area contributed by atoms with Crippen LogP contribution in [-0.4, -0.2) is 31.3 Å². The molecule has 0 radical (unpaired) electrons. The third-order valence-corrected chi connectivity index (χ3v) is 5.47. The van der Waals surface area contributed by atoms with E-state index in [0.29, 0.717) is 34.0 Å². The highest BCUT2D eigenvalue weighted by atomic mass is 32.2. The average molecular weight is 480 g/mol. The number of nitrogens with zero attached hydrogens (tertiary/aromatic N) is 1. The Labute approximate surface area is 195 Å². The van der Waals surface area contributed by atoms with Gasteiger partial charge in [0.25, 0.3) is 5.56 Å². The maximum absolute atomic E-state index is 12.4. The van der Waals surface area contributed by atoms with Crippen molar-refractivity contribution in [3.8, 4) is 22.8 Å². The van der Waals surface area contributed by atoms with Gasteiger partial charge in [-0.25, -0.2) is 13.2 Å². The predicted octanol–water partition coefficient (Wildman–Crippen LogP) is 3.34. The van der Waals surface area contributed by atoms with Crippen molar-refractivity contribution in [3.05, 3.63) is 99.0 Å². The summed E-state index contributed by atoms with van der Waals surface area (Å²) in [6.07, 6.45) is 7.66. The van der Waals surface area contributed by atoms with Gasteiger partial charge in [0.2, 0.25) is 10.0 Å². The molecule has 174 valence electrons. The Morgan fingerprint density at radius 3 is 2.44 bits per heavy atom. The minimum atomic E-state index is -3.36. The molecule has 2 heterocycles. The van der Waals surface area contributed by atoms with Crippen LogP contribution in [0.5, 0.6) is 5.75 Å². The minimum absolute atomic E-state index is 0.455. The van der Waals surface area contributed by atoms with Crippen molar-refractivity contribution < 1.29 is 17.6 Å². The second kappa shape index (κ2) is 9.28. The Morgan fingerprint density at radius 2 is 1.82 bits per heavy atom. The van der Waals surface area contributed by atoms with Gasteiger partial charge in [-0.05, 0) is 42.0 Å². The van der Waals surface area contributed by atoms with Crippen molar-refractivity contribution in [1.82, 2.24) is 9.55 Å². The largest absolute Gasteiger partial charge is 0.495 e. The fourth-order valence-corrected chi connectivity index (χ4v) is 3.99. The first-order chi connectivity index (χ1) is 16.2. The van der Waals surface area contributed by atoms with Crippen molar-refractivity contribution in [1.29, 1.82) is 0 Å². The molecule has 10 heteroatoms. The van der Waals surface area contributed by atoms with Gasteiger partial charge in [-0.15, -0.1) is 0 Å². The van der Waals surface area contributed by atoms with Crippen molar-refractivity contribution in [3.63, 3.8) is 0 Å². The van der Waals surface area contributed by atoms with Crippen LogP contribution in [0.3, 0.4) is 0 Å². The maximum Gasteiger partial charge on any atom is 0.332 e. The quantitative estimate of drug-likeness (QED) is 0.392. The average Bonchev–Trinajstić information content (AvgIpc) is 3.32. The second-order valence-electron chi connectivity index (χ2n) is 7.40. The van der Waals surface area contributed by atoms with E-state index in [1.165, 1.54) is 30.2 Å². The zero-order valence-electron chi connectivity index (χ0n) is 18.3. The molecule has 2 N–H and O–H groups in total. The monoisotopic (exact) mass is 479 g/mol. The first kappa shape index (κ1) is 22.9. The lowest BCUT2D eigenvalue weighted by Crippen LogP contribution is -2.27. The summed E-state index contributed by atoms with van der Waals surface area (Å²) in [5, 5.41) is 0. The molecule has 0 fully saturated rings. The van der Waals surface area contributed by atoms with E-state index in [-0.39, 0.29) is 0 Å². The number of aromatic nitrogens is 2. The van der Waals surface area contributed by atoms with Crippen molar-refractivity contribution in [2.75, 3.05) is 18.1 Å². The molecular weight excluding hydrogens is 458 g/mol. The van der Waals surface area contributed by atoms with Gasteiger partial charge in [-0.2, -0.15) is 0 Å². The number of rotatable bonds is 7. The summed E-state index contributed by atoms with van der Waals surface area (Å²) in [7, 11) is -1.82. The lowest BCUT2D eigenvalue weighted by atomic mass is 10.0. The van der Waals surface area contributed by atoms with Gasteiger partial charge in [-0.3, -0.25) is 19.1 Å². The summed E-state index contributed by atoms with van der Waals surface area (Å²) in [6.45, 7) is 0. The molecule has 0 atom stereocenters. The predicted molar refractivity (Wildman–Crippen MR) is 131 cm³/mol. The molecule has 0 amide bonds. The maximum atomic E-state index is 12.4. The van der Waals surface area contributed by atoms with Crippen LogP contribution in [-0.2, 0) is 10.0 Å². The van der Waals surface area contributed by atoms with Crippen LogP contribution in [0.2, 0.25) is 0 Å². The summed E-state index contributed by atoms with van der Waals surface area (Å²) >= 11 is 0. The van der Waals surface area contributed by atoms with E-state index >= 15 is 0 Å². The number of hydrogen-bond donors (Lipinski definition) is 2. The normalized spacial score (nSPS) is 11.6. The lowest BCUT2D eigenvalue weighted by molar-refractivity contribution is 0.413. The van der Waals surface area contributed by atoms with Crippen LogP contribution < -0.4 is 20.7 Å². The number of anilines is 1.